The standard InChI is InChI=1S/C19H24N2O2S/c1-5-21(6-2)24(22,23)19-13-16(4)10-11-18(19)20-14-17-9-7-8-15(3)12-17/h7-14H,5-6H2,1-4H3. The fourth-order valence-corrected chi connectivity index (χ4v) is 4.21. The highest BCUT2D eigenvalue weighted by atomic mass is 32.2. The molecule has 0 N–H and O–H groups in total. The van der Waals surface area contributed by atoms with Crippen LogP contribution < -0.4 is 0 Å². The van der Waals surface area contributed by atoms with E-state index in [9.17, 15) is 8.42 Å². The van der Waals surface area contributed by atoms with Crippen molar-refractivity contribution in [2.24, 2.45) is 4.99 Å². The summed E-state index contributed by atoms with van der Waals surface area (Å²) in [6.07, 6.45) is 1.71. The second-order valence-corrected chi connectivity index (χ2v) is 7.64. The third-order valence-corrected chi connectivity index (χ3v) is 5.91. The molecule has 0 saturated heterocycles. The van der Waals surface area contributed by atoms with Crippen LogP contribution in [0, 0.1) is 13.8 Å². The molecule has 128 valence electrons. The number of nitrogens with zero attached hydrogens (tertiary/aromatic N) is 2. The first kappa shape index (κ1) is 18.4. The quantitative estimate of drug-likeness (QED) is 0.741. The van der Waals surface area contributed by atoms with Crippen molar-refractivity contribution < 1.29 is 8.42 Å². The maximum atomic E-state index is 12.9. The average molecular weight is 344 g/mol. The van der Waals surface area contributed by atoms with E-state index < -0.39 is 10.0 Å². The smallest absolute Gasteiger partial charge is 0.245 e. The van der Waals surface area contributed by atoms with Crippen LogP contribution in [0.4, 0.5) is 5.69 Å². The number of benzene rings is 2. The Balaban J connectivity index is 2.49. The van der Waals surface area contributed by atoms with Crippen molar-refractivity contribution in [2.75, 3.05) is 13.1 Å². The Kier molecular flexibility index (Phi) is 5.91. The first-order valence-electron chi connectivity index (χ1n) is 8.10. The Bertz CT molecular complexity index is 838. The van der Waals surface area contributed by atoms with Crippen LogP contribution in [0.3, 0.4) is 0 Å². The van der Waals surface area contributed by atoms with Crippen LogP contribution in [0.15, 0.2) is 52.4 Å². The van der Waals surface area contributed by atoms with Gasteiger partial charge in [0, 0.05) is 19.3 Å². The van der Waals surface area contributed by atoms with Gasteiger partial charge in [0.15, 0.2) is 0 Å². The summed E-state index contributed by atoms with van der Waals surface area (Å²) < 4.78 is 27.2. The van der Waals surface area contributed by atoms with Gasteiger partial charge in [0.1, 0.15) is 4.90 Å². The second kappa shape index (κ2) is 7.73. The zero-order chi connectivity index (χ0) is 17.7. The minimum atomic E-state index is -3.55. The average Bonchev–Trinajstić information content (AvgIpc) is 2.54. The van der Waals surface area contributed by atoms with Gasteiger partial charge in [0.05, 0.1) is 5.69 Å². The second-order valence-electron chi connectivity index (χ2n) is 5.73. The summed E-state index contributed by atoms with van der Waals surface area (Å²) in [4.78, 5) is 4.70. The van der Waals surface area contributed by atoms with Gasteiger partial charge in [0.2, 0.25) is 10.0 Å². The van der Waals surface area contributed by atoms with Gasteiger partial charge in [-0.3, -0.25) is 4.99 Å². The van der Waals surface area contributed by atoms with Crippen molar-refractivity contribution in [2.45, 2.75) is 32.6 Å². The largest absolute Gasteiger partial charge is 0.255 e. The van der Waals surface area contributed by atoms with Crippen LogP contribution in [-0.4, -0.2) is 32.0 Å². The zero-order valence-corrected chi connectivity index (χ0v) is 15.5. The van der Waals surface area contributed by atoms with Crippen LogP contribution in [0.25, 0.3) is 0 Å². The number of sulfonamides is 1. The summed E-state index contributed by atoms with van der Waals surface area (Å²) in [6.45, 7) is 8.45. The summed E-state index contributed by atoms with van der Waals surface area (Å²) >= 11 is 0. The van der Waals surface area contributed by atoms with E-state index in [4.69, 9.17) is 0 Å². The van der Waals surface area contributed by atoms with Crippen molar-refractivity contribution >= 4 is 21.9 Å². The highest BCUT2D eigenvalue weighted by molar-refractivity contribution is 7.89. The number of hydrogen-bond acceptors (Lipinski definition) is 3. The summed E-state index contributed by atoms with van der Waals surface area (Å²) in [6, 6.07) is 13.3. The van der Waals surface area contributed by atoms with Crippen LogP contribution in [-0.2, 0) is 10.0 Å². The normalized spacial score (nSPS) is 12.2. The summed E-state index contributed by atoms with van der Waals surface area (Å²) in [5, 5.41) is 0. The lowest BCUT2D eigenvalue weighted by Crippen LogP contribution is -2.30. The minimum absolute atomic E-state index is 0.259. The molecule has 0 amide bonds. The first-order chi connectivity index (χ1) is 11.4. The Morgan fingerprint density at radius 2 is 1.67 bits per heavy atom. The van der Waals surface area contributed by atoms with Gasteiger partial charge in [-0.2, -0.15) is 4.31 Å². The fraction of sp³-hybridized carbons (Fsp3) is 0.316. The van der Waals surface area contributed by atoms with Crippen molar-refractivity contribution in [3.8, 4) is 0 Å². The predicted molar refractivity (Wildman–Crippen MR) is 99.7 cm³/mol. The van der Waals surface area contributed by atoms with E-state index >= 15 is 0 Å². The number of aliphatic imine (C=N–C) groups is 1. The molecule has 0 spiro atoms. The Labute approximate surface area is 144 Å². The maximum absolute atomic E-state index is 12.9. The summed E-state index contributed by atoms with van der Waals surface area (Å²) in [5.41, 5.74) is 3.45. The van der Waals surface area contributed by atoms with Gasteiger partial charge in [-0.15, -0.1) is 0 Å². The van der Waals surface area contributed by atoms with E-state index in [0.29, 0.717) is 18.8 Å². The predicted octanol–water partition coefficient (Wildman–Crippen LogP) is 4.08. The SMILES string of the molecule is CCN(CC)S(=O)(=O)c1cc(C)ccc1N=Cc1cccc(C)c1. The van der Waals surface area contributed by atoms with Crippen molar-refractivity contribution in [1.29, 1.82) is 0 Å². The molecule has 0 atom stereocenters. The maximum Gasteiger partial charge on any atom is 0.245 e. The van der Waals surface area contributed by atoms with E-state index in [2.05, 4.69) is 4.99 Å². The zero-order valence-electron chi connectivity index (χ0n) is 14.7. The van der Waals surface area contributed by atoms with Crippen LogP contribution in [0.1, 0.15) is 30.5 Å². The molecule has 0 aromatic heterocycles. The van der Waals surface area contributed by atoms with Crippen molar-refractivity contribution in [3.63, 3.8) is 0 Å². The molecule has 0 radical (unpaired) electrons. The van der Waals surface area contributed by atoms with Crippen LogP contribution in [0.5, 0.6) is 0 Å². The van der Waals surface area contributed by atoms with Crippen LogP contribution >= 0.6 is 0 Å². The third-order valence-electron chi connectivity index (χ3n) is 3.83. The summed E-state index contributed by atoms with van der Waals surface area (Å²) in [5.74, 6) is 0. The molecule has 0 aliphatic carbocycles. The van der Waals surface area contributed by atoms with E-state index in [1.54, 1.807) is 18.3 Å². The highest BCUT2D eigenvalue weighted by Crippen LogP contribution is 2.28. The van der Waals surface area contributed by atoms with Crippen molar-refractivity contribution in [1.82, 2.24) is 4.31 Å². The lowest BCUT2D eigenvalue weighted by atomic mass is 10.1. The minimum Gasteiger partial charge on any atom is -0.255 e. The topological polar surface area (TPSA) is 49.7 Å². The van der Waals surface area contributed by atoms with Gasteiger partial charge < -0.3 is 0 Å². The highest BCUT2D eigenvalue weighted by Gasteiger charge is 2.24. The Hall–Kier alpha value is -1.98. The van der Waals surface area contributed by atoms with Gasteiger partial charge in [-0.25, -0.2) is 8.42 Å². The molecule has 2 aromatic carbocycles. The molecular weight excluding hydrogens is 320 g/mol. The first-order valence-corrected chi connectivity index (χ1v) is 9.54. The van der Waals surface area contributed by atoms with Gasteiger partial charge in [-0.1, -0.05) is 49.7 Å². The molecule has 0 aliphatic rings. The number of rotatable bonds is 6. The van der Waals surface area contributed by atoms with Crippen molar-refractivity contribution in [3.05, 3.63) is 59.2 Å². The molecule has 2 aromatic rings. The number of hydrogen-bond donors (Lipinski definition) is 0. The molecule has 0 fully saturated rings. The molecule has 2 rings (SSSR count). The Morgan fingerprint density at radius 1 is 1.00 bits per heavy atom. The summed E-state index contributed by atoms with van der Waals surface area (Å²) in [7, 11) is -3.55. The lowest BCUT2D eigenvalue weighted by molar-refractivity contribution is 0.445. The molecule has 4 nitrogen and oxygen atoms in total. The van der Waals surface area contributed by atoms with Gasteiger partial charge in [0.25, 0.3) is 0 Å². The van der Waals surface area contributed by atoms with E-state index in [1.165, 1.54) is 4.31 Å². The van der Waals surface area contributed by atoms with Gasteiger partial charge in [-0.05, 0) is 37.1 Å². The van der Waals surface area contributed by atoms with Gasteiger partial charge >= 0.3 is 0 Å². The molecule has 0 heterocycles. The van der Waals surface area contributed by atoms with Crippen LogP contribution in [0.2, 0.25) is 0 Å². The lowest BCUT2D eigenvalue weighted by Gasteiger charge is -2.19. The van der Waals surface area contributed by atoms with E-state index in [-0.39, 0.29) is 4.90 Å². The molecule has 24 heavy (non-hydrogen) atoms. The number of aryl methyl sites for hydroxylation is 2. The monoisotopic (exact) mass is 344 g/mol. The van der Waals surface area contributed by atoms with E-state index in [0.717, 1.165) is 16.7 Å². The molecule has 0 aliphatic heterocycles. The molecule has 5 heteroatoms. The molecular formula is C19H24N2O2S. The van der Waals surface area contributed by atoms with E-state index in [1.807, 2.05) is 58.0 Å². The Morgan fingerprint density at radius 3 is 2.29 bits per heavy atom. The molecule has 0 unspecified atom stereocenters. The fourth-order valence-electron chi connectivity index (χ4n) is 2.53. The molecule has 0 saturated carbocycles. The molecule has 0 bridgehead atoms. The third kappa shape index (κ3) is 4.10.